The first-order valence-corrected chi connectivity index (χ1v) is 13.4. The van der Waals surface area contributed by atoms with Crippen molar-refractivity contribution < 1.29 is 30.8 Å². The zero-order valence-corrected chi connectivity index (χ0v) is 20.9. The van der Waals surface area contributed by atoms with Gasteiger partial charge in [0.2, 0.25) is 5.91 Å². The first-order chi connectivity index (χ1) is 16.4. The van der Waals surface area contributed by atoms with E-state index in [1.54, 1.807) is 24.0 Å². The molecule has 1 aromatic heterocycles. The number of anilines is 2. The predicted octanol–water partition coefficient (Wildman–Crippen LogP) is 3.47. The van der Waals surface area contributed by atoms with E-state index >= 15 is 0 Å². The molecule has 7 nitrogen and oxygen atoms in total. The zero-order valence-electron chi connectivity index (χ0n) is 19.3. The van der Waals surface area contributed by atoms with Gasteiger partial charge in [0.15, 0.2) is 0 Å². The molecular formula is C22H26F4N4O3S2. The van der Waals surface area contributed by atoms with Gasteiger partial charge in [0.1, 0.15) is 10.0 Å². The lowest BCUT2D eigenvalue weighted by Gasteiger charge is -2.40. The van der Waals surface area contributed by atoms with Crippen LogP contribution in [-0.2, 0) is 21.0 Å². The Hall–Kier alpha value is -2.38. The van der Waals surface area contributed by atoms with Gasteiger partial charge in [-0.25, -0.2) is 12.8 Å². The molecule has 192 valence electrons. The second kappa shape index (κ2) is 9.58. The molecule has 2 aliphatic heterocycles. The lowest BCUT2D eigenvalue weighted by Crippen LogP contribution is -2.54. The smallest absolute Gasteiger partial charge is 0.368 e. The normalized spacial score (nSPS) is 20.4. The van der Waals surface area contributed by atoms with Crippen molar-refractivity contribution in [2.24, 2.45) is 0 Å². The number of benzene rings is 1. The fraction of sp³-hybridized carbons (Fsp3) is 0.500. The van der Waals surface area contributed by atoms with Crippen molar-refractivity contribution in [1.82, 2.24) is 9.21 Å². The fourth-order valence-corrected chi connectivity index (χ4v) is 7.59. The molecule has 4 rings (SSSR count). The second-order valence-corrected chi connectivity index (χ2v) is 11.8. The number of hydrogen-bond acceptors (Lipinski definition) is 6. The van der Waals surface area contributed by atoms with E-state index in [2.05, 4.69) is 0 Å². The predicted molar refractivity (Wildman–Crippen MR) is 126 cm³/mol. The Labute approximate surface area is 205 Å². The molecule has 0 radical (unpaired) electrons. The Morgan fingerprint density at radius 2 is 1.66 bits per heavy atom. The summed E-state index contributed by atoms with van der Waals surface area (Å²) >= 11 is 1.15. The monoisotopic (exact) mass is 534 g/mol. The van der Waals surface area contributed by atoms with Crippen LogP contribution in [0.5, 0.6) is 0 Å². The number of carbonyl (C=O) groups is 1. The zero-order chi connectivity index (χ0) is 25.5. The van der Waals surface area contributed by atoms with E-state index in [1.165, 1.54) is 16.1 Å². The maximum Gasteiger partial charge on any atom is 0.418 e. The molecule has 1 amide bonds. The van der Waals surface area contributed by atoms with Crippen molar-refractivity contribution in [3.8, 4) is 0 Å². The van der Waals surface area contributed by atoms with Crippen LogP contribution in [0.2, 0.25) is 0 Å². The van der Waals surface area contributed by atoms with E-state index in [0.29, 0.717) is 32.2 Å². The van der Waals surface area contributed by atoms with Crippen LogP contribution in [0.15, 0.2) is 34.5 Å². The highest BCUT2D eigenvalue weighted by Crippen LogP contribution is 2.39. The Morgan fingerprint density at radius 1 is 1.00 bits per heavy atom. The summed E-state index contributed by atoms with van der Waals surface area (Å²) in [6.45, 7) is 5.60. The van der Waals surface area contributed by atoms with Gasteiger partial charge in [0.25, 0.3) is 10.0 Å². The van der Waals surface area contributed by atoms with Crippen molar-refractivity contribution in [1.29, 1.82) is 0 Å². The van der Waals surface area contributed by atoms with Gasteiger partial charge < -0.3 is 14.7 Å². The Kier molecular flexibility index (Phi) is 7.04. The van der Waals surface area contributed by atoms with Crippen molar-refractivity contribution in [2.45, 2.75) is 30.3 Å². The number of hydrogen-bond donors (Lipinski definition) is 0. The first-order valence-electron chi connectivity index (χ1n) is 11.1. The summed E-state index contributed by atoms with van der Waals surface area (Å²) in [6.07, 6.45) is -4.73. The third-order valence-electron chi connectivity index (χ3n) is 6.34. The number of amides is 1. The topological polar surface area (TPSA) is 64.2 Å². The van der Waals surface area contributed by atoms with Gasteiger partial charge in [0.05, 0.1) is 10.6 Å². The van der Waals surface area contributed by atoms with Gasteiger partial charge in [0, 0.05) is 64.5 Å². The van der Waals surface area contributed by atoms with Gasteiger partial charge in [-0.3, -0.25) is 4.79 Å². The molecule has 13 heteroatoms. The lowest BCUT2D eigenvalue weighted by atomic mass is 10.1. The molecule has 0 aliphatic carbocycles. The van der Waals surface area contributed by atoms with Crippen LogP contribution in [0.25, 0.3) is 0 Å². The van der Waals surface area contributed by atoms with E-state index in [1.807, 2.05) is 4.90 Å². The van der Waals surface area contributed by atoms with Crippen LogP contribution < -0.4 is 9.80 Å². The van der Waals surface area contributed by atoms with Crippen LogP contribution in [0.4, 0.5) is 28.3 Å². The molecule has 3 heterocycles. The van der Waals surface area contributed by atoms with E-state index < -0.39 is 33.6 Å². The van der Waals surface area contributed by atoms with Gasteiger partial charge in [-0.2, -0.15) is 17.5 Å². The van der Waals surface area contributed by atoms with Crippen molar-refractivity contribution in [2.75, 3.05) is 55.6 Å². The number of sulfonamides is 1. The second-order valence-electron chi connectivity index (χ2n) is 8.66. The molecule has 0 N–H and O–H groups in total. The summed E-state index contributed by atoms with van der Waals surface area (Å²) in [5, 5.41) is 0.791. The minimum Gasteiger partial charge on any atom is -0.368 e. The van der Waals surface area contributed by atoms with Crippen LogP contribution in [-0.4, -0.2) is 75.4 Å². The molecule has 2 fully saturated rings. The van der Waals surface area contributed by atoms with Gasteiger partial charge >= 0.3 is 6.18 Å². The molecule has 1 aromatic carbocycles. The van der Waals surface area contributed by atoms with E-state index in [-0.39, 0.29) is 35.4 Å². The Morgan fingerprint density at radius 3 is 2.26 bits per heavy atom. The summed E-state index contributed by atoms with van der Waals surface area (Å²) in [4.78, 5) is 16.8. The molecule has 2 saturated heterocycles. The van der Waals surface area contributed by atoms with Crippen molar-refractivity contribution in [3.05, 3.63) is 41.7 Å². The number of carbonyl (C=O) groups excluding carboxylic acids is 1. The largest absolute Gasteiger partial charge is 0.418 e. The third-order valence-corrected chi connectivity index (χ3v) is 9.97. The maximum absolute atomic E-state index is 13.5. The summed E-state index contributed by atoms with van der Waals surface area (Å²) in [5.41, 5.74) is -1.24. The minimum absolute atomic E-state index is 0.00267. The van der Waals surface area contributed by atoms with Crippen LogP contribution >= 0.6 is 11.3 Å². The molecule has 0 unspecified atom stereocenters. The number of rotatable bonds is 4. The fourth-order valence-electron chi connectivity index (χ4n) is 4.50. The van der Waals surface area contributed by atoms with Gasteiger partial charge in [-0.15, -0.1) is 11.3 Å². The Balaban J connectivity index is 1.48. The van der Waals surface area contributed by atoms with Crippen LogP contribution in [0.3, 0.4) is 0 Å². The first kappa shape index (κ1) is 25.7. The van der Waals surface area contributed by atoms with Crippen molar-refractivity contribution >= 4 is 38.0 Å². The summed E-state index contributed by atoms with van der Waals surface area (Å²) < 4.78 is 82.1. The number of nitrogens with zero attached hydrogens (tertiary/aromatic N) is 4. The third kappa shape index (κ3) is 5.26. The standard InChI is InChI=1S/C22H26F4N4O3S2/c1-15-14-29(19-4-3-17(23)13-18(19)22(24,25)26)11-12-30(15)35(32,33)21-6-5-20(34-21)28-9-7-27(8-10-28)16(2)31/h3-6,13,15H,7-12,14H2,1-2H3/t15-/m1/s1. The number of alkyl halides is 3. The quantitative estimate of drug-likeness (QED) is 0.563. The summed E-state index contributed by atoms with van der Waals surface area (Å²) in [6, 6.07) is 5.23. The van der Waals surface area contributed by atoms with Crippen LogP contribution in [0, 0.1) is 5.82 Å². The number of halogens is 4. The summed E-state index contributed by atoms with van der Waals surface area (Å²) in [7, 11) is -3.85. The number of piperazine rings is 2. The van der Waals surface area contributed by atoms with E-state index in [0.717, 1.165) is 28.5 Å². The van der Waals surface area contributed by atoms with E-state index in [4.69, 9.17) is 0 Å². The average molecular weight is 535 g/mol. The molecule has 0 bridgehead atoms. The average Bonchev–Trinajstić information content (AvgIpc) is 3.29. The highest BCUT2D eigenvalue weighted by molar-refractivity contribution is 7.91. The molecule has 0 spiro atoms. The SMILES string of the molecule is CC(=O)N1CCN(c2ccc(S(=O)(=O)N3CCN(c4ccc(F)cc4C(F)(F)F)C[C@H]3C)s2)CC1. The Bertz CT molecular complexity index is 1190. The highest BCUT2D eigenvalue weighted by atomic mass is 32.2. The van der Waals surface area contributed by atoms with Crippen molar-refractivity contribution in [3.63, 3.8) is 0 Å². The molecule has 2 aromatic rings. The highest BCUT2D eigenvalue weighted by Gasteiger charge is 2.39. The molecule has 35 heavy (non-hydrogen) atoms. The molecule has 0 saturated carbocycles. The van der Waals surface area contributed by atoms with Gasteiger partial charge in [-0.1, -0.05) is 0 Å². The van der Waals surface area contributed by atoms with Gasteiger partial charge in [-0.05, 0) is 37.3 Å². The molecule has 2 aliphatic rings. The molecule has 1 atom stereocenters. The number of thiophene rings is 1. The summed E-state index contributed by atoms with van der Waals surface area (Å²) in [5.74, 6) is -0.971. The van der Waals surface area contributed by atoms with E-state index in [9.17, 15) is 30.8 Å². The van der Waals surface area contributed by atoms with Crippen LogP contribution in [0.1, 0.15) is 19.4 Å². The lowest BCUT2D eigenvalue weighted by molar-refractivity contribution is -0.137. The maximum atomic E-state index is 13.5. The molecular weight excluding hydrogens is 508 g/mol. The minimum atomic E-state index is -4.73.